The molecule has 0 bridgehead atoms. The molecule has 1 unspecified atom stereocenters. The van der Waals surface area contributed by atoms with Gasteiger partial charge >= 0.3 is 0 Å². The lowest BCUT2D eigenvalue weighted by Gasteiger charge is -2.19. The Bertz CT molecular complexity index is 539. The van der Waals surface area contributed by atoms with Crippen molar-refractivity contribution in [1.29, 1.82) is 0 Å². The van der Waals surface area contributed by atoms with E-state index in [0.29, 0.717) is 18.7 Å². The Hall–Kier alpha value is -1.91. The van der Waals surface area contributed by atoms with Crippen LogP contribution < -0.4 is 20.1 Å². The molecule has 2 N–H and O–H groups in total. The monoisotopic (exact) mass is 303 g/mol. The summed E-state index contributed by atoms with van der Waals surface area (Å²) in [5.41, 5.74) is 1.11. The van der Waals surface area contributed by atoms with E-state index in [2.05, 4.69) is 28.6 Å². The molecule has 0 saturated heterocycles. The molecule has 3 rings (SSSR count). The Morgan fingerprint density at radius 2 is 2.14 bits per heavy atom. The van der Waals surface area contributed by atoms with Gasteiger partial charge in [0.25, 0.3) is 0 Å². The molecule has 0 spiro atoms. The summed E-state index contributed by atoms with van der Waals surface area (Å²) in [6.45, 7) is 3.63. The minimum atomic E-state index is 0.317. The van der Waals surface area contributed by atoms with Gasteiger partial charge in [0, 0.05) is 18.2 Å². The summed E-state index contributed by atoms with van der Waals surface area (Å²) in [6.07, 6.45) is 5.10. The third-order valence-electron chi connectivity index (χ3n) is 4.22. The summed E-state index contributed by atoms with van der Waals surface area (Å²) >= 11 is 0. The van der Waals surface area contributed by atoms with Crippen LogP contribution >= 0.6 is 0 Å². The normalized spacial score (nSPS) is 21.4. The van der Waals surface area contributed by atoms with Gasteiger partial charge in [-0.1, -0.05) is 12.1 Å². The minimum Gasteiger partial charge on any atom is -0.493 e. The number of methoxy groups -OCH3 is 1. The van der Waals surface area contributed by atoms with Crippen LogP contribution in [0.1, 0.15) is 38.2 Å². The fourth-order valence-electron chi connectivity index (χ4n) is 3.01. The van der Waals surface area contributed by atoms with Gasteiger partial charge in [-0.2, -0.15) is 0 Å². The summed E-state index contributed by atoms with van der Waals surface area (Å²) in [5.74, 6) is 2.54. The third-order valence-corrected chi connectivity index (χ3v) is 4.22. The van der Waals surface area contributed by atoms with Crippen molar-refractivity contribution in [1.82, 2.24) is 10.6 Å². The van der Waals surface area contributed by atoms with Crippen LogP contribution in [0.15, 0.2) is 23.2 Å². The van der Waals surface area contributed by atoms with Crippen LogP contribution in [0.25, 0.3) is 0 Å². The van der Waals surface area contributed by atoms with Crippen molar-refractivity contribution in [2.75, 3.05) is 13.7 Å². The molecule has 1 fully saturated rings. The van der Waals surface area contributed by atoms with Gasteiger partial charge in [-0.3, -0.25) is 4.99 Å². The first-order chi connectivity index (χ1) is 10.8. The van der Waals surface area contributed by atoms with Crippen LogP contribution in [0.5, 0.6) is 11.5 Å². The molecular weight excluding hydrogens is 278 g/mol. The first-order valence-corrected chi connectivity index (χ1v) is 8.13. The third kappa shape index (κ3) is 3.46. The molecule has 0 amide bonds. The van der Waals surface area contributed by atoms with E-state index < -0.39 is 0 Å². The van der Waals surface area contributed by atoms with Crippen LogP contribution in [0, 0.1) is 0 Å². The lowest BCUT2D eigenvalue weighted by atomic mass is 10.1. The van der Waals surface area contributed by atoms with E-state index in [1.165, 1.54) is 12.8 Å². The zero-order chi connectivity index (χ0) is 15.4. The highest BCUT2D eigenvalue weighted by atomic mass is 16.5. The van der Waals surface area contributed by atoms with Crippen LogP contribution in [0.4, 0.5) is 0 Å². The summed E-state index contributed by atoms with van der Waals surface area (Å²) < 4.78 is 11.7. The zero-order valence-electron chi connectivity index (χ0n) is 13.4. The van der Waals surface area contributed by atoms with Crippen molar-refractivity contribution in [2.24, 2.45) is 4.99 Å². The average molecular weight is 303 g/mol. The minimum absolute atomic E-state index is 0.317. The van der Waals surface area contributed by atoms with Gasteiger partial charge in [0.05, 0.1) is 19.8 Å². The van der Waals surface area contributed by atoms with E-state index >= 15 is 0 Å². The summed E-state index contributed by atoms with van der Waals surface area (Å²) in [7, 11) is 1.69. The number of nitrogens with zero attached hydrogens (tertiary/aromatic N) is 1. The Balaban J connectivity index is 1.71. The molecule has 1 aliphatic carbocycles. The van der Waals surface area contributed by atoms with Gasteiger partial charge in [-0.15, -0.1) is 0 Å². The molecule has 0 aromatic heterocycles. The molecular formula is C17H25N3O2. The van der Waals surface area contributed by atoms with Gasteiger partial charge in [0.1, 0.15) is 0 Å². The van der Waals surface area contributed by atoms with Gasteiger partial charge in [-0.05, 0) is 38.7 Å². The average Bonchev–Trinajstić information content (AvgIpc) is 3.18. The van der Waals surface area contributed by atoms with E-state index in [9.17, 15) is 0 Å². The first-order valence-electron chi connectivity index (χ1n) is 8.13. The maximum atomic E-state index is 6.24. The van der Waals surface area contributed by atoms with Crippen LogP contribution in [0.2, 0.25) is 0 Å². The molecule has 1 saturated carbocycles. The fourth-order valence-corrected chi connectivity index (χ4v) is 3.01. The smallest absolute Gasteiger partial charge is 0.191 e. The number of guanidine groups is 1. The predicted octanol–water partition coefficient (Wildman–Crippen LogP) is 2.45. The van der Waals surface area contributed by atoms with Crippen molar-refractivity contribution < 1.29 is 9.47 Å². The quantitative estimate of drug-likeness (QED) is 0.877. The lowest BCUT2D eigenvalue weighted by molar-refractivity contribution is 0.198. The highest BCUT2D eigenvalue weighted by Crippen LogP contribution is 2.34. The van der Waals surface area contributed by atoms with Gasteiger partial charge in [0.2, 0.25) is 0 Å². The number of hydrogen-bond donors (Lipinski definition) is 2. The van der Waals surface area contributed by atoms with E-state index in [1.807, 2.05) is 12.1 Å². The number of aliphatic imine (C=N–C) groups is 1. The highest BCUT2D eigenvalue weighted by Gasteiger charge is 2.21. The summed E-state index contributed by atoms with van der Waals surface area (Å²) in [6, 6.07) is 6.45. The van der Waals surface area contributed by atoms with Gasteiger partial charge < -0.3 is 20.1 Å². The number of ether oxygens (including phenoxy) is 2. The Kier molecular flexibility index (Phi) is 4.71. The number of benzene rings is 1. The molecule has 2 aliphatic rings. The molecule has 5 heteroatoms. The molecule has 5 nitrogen and oxygen atoms in total. The van der Waals surface area contributed by atoms with Crippen LogP contribution in [-0.2, 0) is 6.54 Å². The van der Waals surface area contributed by atoms with Crippen molar-refractivity contribution in [3.8, 4) is 11.5 Å². The maximum Gasteiger partial charge on any atom is 0.191 e. The molecule has 1 atom stereocenters. The molecule has 1 aromatic rings. The number of para-hydroxylation sites is 1. The Morgan fingerprint density at radius 3 is 2.82 bits per heavy atom. The Labute approximate surface area is 132 Å². The van der Waals surface area contributed by atoms with Gasteiger partial charge in [-0.25, -0.2) is 0 Å². The largest absolute Gasteiger partial charge is 0.493 e. The number of nitrogens with one attached hydrogen (secondary N) is 2. The summed E-state index contributed by atoms with van der Waals surface area (Å²) in [4.78, 5) is 4.43. The number of hydrogen-bond acceptors (Lipinski definition) is 5. The van der Waals surface area contributed by atoms with Gasteiger partial charge in [0.15, 0.2) is 17.5 Å². The molecule has 1 aliphatic heterocycles. The lowest BCUT2D eigenvalue weighted by Crippen LogP contribution is -2.37. The van der Waals surface area contributed by atoms with Crippen molar-refractivity contribution in [2.45, 2.75) is 51.3 Å². The van der Waals surface area contributed by atoms with E-state index in [1.54, 1.807) is 7.11 Å². The SMILES string of the molecule is COc1cccc(CNC2=NCC(C)N2)c1OC1CCCC1. The molecule has 22 heavy (non-hydrogen) atoms. The second-order valence-corrected chi connectivity index (χ2v) is 6.06. The second kappa shape index (κ2) is 6.90. The highest BCUT2D eigenvalue weighted by molar-refractivity contribution is 5.81. The predicted molar refractivity (Wildman–Crippen MR) is 87.6 cm³/mol. The first kappa shape index (κ1) is 15.0. The molecule has 0 radical (unpaired) electrons. The van der Waals surface area contributed by atoms with Crippen LogP contribution in [-0.4, -0.2) is 31.8 Å². The van der Waals surface area contributed by atoms with E-state index in [0.717, 1.165) is 42.4 Å². The van der Waals surface area contributed by atoms with E-state index in [-0.39, 0.29) is 0 Å². The maximum absolute atomic E-state index is 6.24. The van der Waals surface area contributed by atoms with Crippen molar-refractivity contribution in [3.05, 3.63) is 23.8 Å². The van der Waals surface area contributed by atoms with Crippen LogP contribution in [0.3, 0.4) is 0 Å². The summed E-state index contributed by atoms with van der Waals surface area (Å²) in [5, 5.41) is 6.66. The van der Waals surface area contributed by atoms with Crippen molar-refractivity contribution in [3.63, 3.8) is 0 Å². The molecule has 1 heterocycles. The molecule has 120 valence electrons. The topological polar surface area (TPSA) is 54.9 Å². The number of rotatable bonds is 5. The Morgan fingerprint density at radius 1 is 1.32 bits per heavy atom. The zero-order valence-corrected chi connectivity index (χ0v) is 13.4. The van der Waals surface area contributed by atoms with E-state index in [4.69, 9.17) is 9.47 Å². The fraction of sp³-hybridized carbons (Fsp3) is 0.588. The molecule has 1 aromatic carbocycles. The second-order valence-electron chi connectivity index (χ2n) is 6.06. The standard InChI is InChI=1S/C17H25N3O2/c1-12-10-18-17(20-12)19-11-13-6-5-9-15(21-2)16(13)22-14-7-3-4-8-14/h5-6,9,12,14H,3-4,7-8,10-11H2,1-2H3,(H2,18,19,20). The van der Waals surface area contributed by atoms with Crippen molar-refractivity contribution >= 4 is 5.96 Å².